The van der Waals surface area contributed by atoms with Gasteiger partial charge in [0.15, 0.2) is 0 Å². The second-order valence-corrected chi connectivity index (χ2v) is 7.91. The van der Waals surface area contributed by atoms with Crippen LogP contribution in [0.15, 0.2) is 48.8 Å². The highest BCUT2D eigenvalue weighted by Gasteiger charge is 2.28. The number of nitrogens with one attached hydrogen (secondary N) is 3. The van der Waals surface area contributed by atoms with E-state index in [9.17, 15) is 18.7 Å². The van der Waals surface area contributed by atoms with Crippen molar-refractivity contribution in [3.63, 3.8) is 0 Å². The molecule has 3 heterocycles. The molecule has 0 amide bonds. The zero-order valence-electron chi connectivity index (χ0n) is 16.8. The fourth-order valence-electron chi connectivity index (χ4n) is 4.42. The van der Waals surface area contributed by atoms with Crippen LogP contribution in [-0.4, -0.2) is 26.0 Å². The largest absolute Gasteiger partial charge is 0.477 e. The van der Waals surface area contributed by atoms with Crippen LogP contribution in [0.3, 0.4) is 0 Å². The molecule has 5 nitrogen and oxygen atoms in total. The molecule has 0 aliphatic rings. The van der Waals surface area contributed by atoms with E-state index >= 15 is 0 Å². The lowest BCUT2D eigenvalue weighted by Gasteiger charge is -2.14. The van der Waals surface area contributed by atoms with E-state index in [-0.39, 0.29) is 11.6 Å². The van der Waals surface area contributed by atoms with Gasteiger partial charge in [-0.05, 0) is 53.4 Å². The van der Waals surface area contributed by atoms with Gasteiger partial charge in [0, 0.05) is 45.3 Å². The molecular formula is C24H19F2N3O2. The first-order valence-corrected chi connectivity index (χ1v) is 9.88. The summed E-state index contributed by atoms with van der Waals surface area (Å²) in [6.45, 7) is 3.87. The maximum Gasteiger partial charge on any atom is 0.352 e. The van der Waals surface area contributed by atoms with Crippen LogP contribution in [0.1, 0.15) is 35.8 Å². The zero-order chi connectivity index (χ0) is 21.9. The van der Waals surface area contributed by atoms with Crippen LogP contribution >= 0.6 is 0 Å². The van der Waals surface area contributed by atoms with Crippen molar-refractivity contribution in [3.8, 4) is 22.4 Å². The van der Waals surface area contributed by atoms with Crippen LogP contribution in [0.25, 0.3) is 44.2 Å². The minimum absolute atomic E-state index is 0.0558. The highest BCUT2D eigenvalue weighted by atomic mass is 19.1. The molecule has 0 aliphatic carbocycles. The maximum absolute atomic E-state index is 14.4. The van der Waals surface area contributed by atoms with Gasteiger partial charge in [0.05, 0.1) is 5.69 Å². The summed E-state index contributed by atoms with van der Waals surface area (Å²) in [5.74, 6) is -2.20. The molecule has 5 rings (SSSR count). The first kappa shape index (κ1) is 19.1. The Kier molecular flexibility index (Phi) is 4.22. The van der Waals surface area contributed by atoms with Gasteiger partial charge in [0.25, 0.3) is 0 Å². The lowest BCUT2D eigenvalue weighted by atomic mass is 9.89. The lowest BCUT2D eigenvalue weighted by molar-refractivity contribution is 0.0692. The van der Waals surface area contributed by atoms with Gasteiger partial charge in [-0.2, -0.15) is 0 Å². The quantitative estimate of drug-likeness (QED) is 0.271. The number of carboxylic acids is 1. The highest BCUT2D eigenvalue weighted by molar-refractivity contribution is 6.06. The summed E-state index contributed by atoms with van der Waals surface area (Å²) in [5, 5.41) is 11.5. The van der Waals surface area contributed by atoms with Gasteiger partial charge in [-0.25, -0.2) is 13.6 Å². The molecule has 0 radical (unpaired) electrons. The summed E-state index contributed by atoms with van der Waals surface area (Å²) >= 11 is 0. The number of fused-ring (bicyclic) bond motifs is 2. The van der Waals surface area contributed by atoms with Crippen molar-refractivity contribution in [2.45, 2.75) is 19.8 Å². The van der Waals surface area contributed by atoms with Crippen molar-refractivity contribution in [3.05, 3.63) is 71.7 Å². The Balaban J connectivity index is 1.92. The van der Waals surface area contributed by atoms with Gasteiger partial charge in [0.2, 0.25) is 0 Å². The zero-order valence-corrected chi connectivity index (χ0v) is 16.8. The van der Waals surface area contributed by atoms with E-state index in [2.05, 4.69) is 15.0 Å². The van der Waals surface area contributed by atoms with E-state index in [0.717, 1.165) is 5.39 Å². The van der Waals surface area contributed by atoms with E-state index in [1.165, 1.54) is 24.3 Å². The molecule has 0 saturated heterocycles. The van der Waals surface area contributed by atoms with Gasteiger partial charge < -0.3 is 20.1 Å². The first-order chi connectivity index (χ1) is 14.8. The maximum atomic E-state index is 14.4. The Hall–Kier alpha value is -3.87. The summed E-state index contributed by atoms with van der Waals surface area (Å²) in [6.07, 6.45) is 3.40. The SMILES string of the molecule is CC(C)c1c(-c2cc(F)cc3[nH]ccc23)[nH]c(C(=O)O)c1-c1cc(F)cc2[nH]ccc12. The molecule has 31 heavy (non-hydrogen) atoms. The third-order valence-corrected chi connectivity index (χ3v) is 5.64. The number of halogens is 2. The van der Waals surface area contributed by atoms with Gasteiger partial charge in [-0.3, -0.25) is 0 Å². The van der Waals surface area contributed by atoms with Crippen molar-refractivity contribution in [1.29, 1.82) is 0 Å². The number of aromatic nitrogens is 3. The average Bonchev–Trinajstić information content (AvgIpc) is 3.43. The topological polar surface area (TPSA) is 84.7 Å². The summed E-state index contributed by atoms with van der Waals surface area (Å²) in [7, 11) is 0. The van der Waals surface area contributed by atoms with Gasteiger partial charge in [0.1, 0.15) is 17.3 Å². The number of benzene rings is 2. The minimum atomic E-state index is -1.17. The molecule has 0 fully saturated rings. The number of aromatic carboxylic acids is 1. The Bertz CT molecular complexity index is 1470. The molecule has 0 aliphatic heterocycles. The van der Waals surface area contributed by atoms with E-state index in [0.29, 0.717) is 44.4 Å². The number of hydrogen-bond donors (Lipinski definition) is 4. The molecule has 156 valence electrons. The van der Waals surface area contributed by atoms with Gasteiger partial charge in [-0.1, -0.05) is 13.8 Å². The molecule has 0 saturated carbocycles. The molecule has 0 bridgehead atoms. The van der Waals surface area contributed by atoms with Crippen molar-refractivity contribution in [2.75, 3.05) is 0 Å². The van der Waals surface area contributed by atoms with Crippen molar-refractivity contribution in [1.82, 2.24) is 15.0 Å². The average molecular weight is 419 g/mol. The van der Waals surface area contributed by atoms with Crippen molar-refractivity contribution < 1.29 is 18.7 Å². The van der Waals surface area contributed by atoms with Crippen LogP contribution in [0.5, 0.6) is 0 Å². The smallest absolute Gasteiger partial charge is 0.352 e. The van der Waals surface area contributed by atoms with Crippen LogP contribution < -0.4 is 0 Å². The second-order valence-electron chi connectivity index (χ2n) is 7.91. The van der Waals surface area contributed by atoms with E-state index in [1.807, 2.05) is 19.9 Å². The molecule has 5 aromatic rings. The second kappa shape index (κ2) is 6.84. The number of H-pyrrole nitrogens is 3. The Morgan fingerprint density at radius 3 is 2.00 bits per heavy atom. The number of carboxylic acid groups (broad SMARTS) is 1. The fraction of sp³-hybridized carbons (Fsp3) is 0.125. The summed E-state index contributed by atoms with van der Waals surface area (Å²) in [6, 6.07) is 9.12. The van der Waals surface area contributed by atoms with E-state index in [4.69, 9.17) is 0 Å². The van der Waals surface area contributed by atoms with Crippen LogP contribution in [0.4, 0.5) is 8.78 Å². The third kappa shape index (κ3) is 2.92. The number of aromatic amines is 3. The molecule has 2 aromatic carbocycles. The normalized spacial score (nSPS) is 11.8. The predicted molar refractivity (Wildman–Crippen MR) is 116 cm³/mol. The van der Waals surface area contributed by atoms with E-state index < -0.39 is 17.6 Å². The molecule has 3 aromatic heterocycles. The first-order valence-electron chi connectivity index (χ1n) is 9.88. The minimum Gasteiger partial charge on any atom is -0.477 e. The lowest BCUT2D eigenvalue weighted by Crippen LogP contribution is -2.00. The van der Waals surface area contributed by atoms with Crippen molar-refractivity contribution in [2.24, 2.45) is 0 Å². The highest BCUT2D eigenvalue weighted by Crippen LogP contribution is 2.44. The Morgan fingerprint density at radius 1 is 0.903 bits per heavy atom. The number of rotatable bonds is 4. The summed E-state index contributed by atoms with van der Waals surface area (Å²) in [5.41, 5.74) is 3.77. The molecular weight excluding hydrogens is 400 g/mol. The predicted octanol–water partition coefficient (Wildman–Crippen LogP) is 6.41. The van der Waals surface area contributed by atoms with Crippen LogP contribution in [0, 0.1) is 11.6 Å². The standard InChI is InChI=1S/C24H19F2N3O2/c1-11(2)20-21(16-7-12(25)9-18-14(16)3-5-27-18)23(24(30)31)29-22(20)17-8-13(26)10-19-15(17)4-6-28-19/h3-11,27-29H,1-2H3,(H,30,31). The molecule has 4 N–H and O–H groups in total. The fourth-order valence-corrected chi connectivity index (χ4v) is 4.42. The van der Waals surface area contributed by atoms with Gasteiger partial charge in [-0.15, -0.1) is 0 Å². The molecule has 0 atom stereocenters. The molecule has 0 unspecified atom stereocenters. The summed E-state index contributed by atoms with van der Waals surface area (Å²) in [4.78, 5) is 21.2. The van der Waals surface area contributed by atoms with Crippen molar-refractivity contribution >= 4 is 27.8 Å². The number of carbonyl (C=O) groups is 1. The van der Waals surface area contributed by atoms with Gasteiger partial charge >= 0.3 is 5.97 Å². The molecule has 7 heteroatoms. The number of hydrogen-bond acceptors (Lipinski definition) is 1. The molecule has 0 spiro atoms. The van der Waals surface area contributed by atoms with E-state index in [1.54, 1.807) is 18.5 Å². The monoisotopic (exact) mass is 419 g/mol. The Labute approximate surface area is 175 Å². The third-order valence-electron chi connectivity index (χ3n) is 5.64. The Morgan fingerprint density at radius 2 is 1.45 bits per heavy atom. The summed E-state index contributed by atoms with van der Waals surface area (Å²) < 4.78 is 28.8. The van der Waals surface area contributed by atoms with Crippen LogP contribution in [-0.2, 0) is 0 Å². The van der Waals surface area contributed by atoms with Crippen LogP contribution in [0.2, 0.25) is 0 Å².